The first-order valence-electron chi connectivity index (χ1n) is 10.4. The molecule has 0 spiro atoms. The first-order chi connectivity index (χ1) is 11.4. The van der Waals surface area contributed by atoms with Crippen LogP contribution < -0.4 is 0 Å². The second kappa shape index (κ2) is 5.69. The molecule has 0 radical (unpaired) electrons. The van der Waals surface area contributed by atoms with E-state index in [0.717, 1.165) is 32.1 Å². The Kier molecular flexibility index (Phi) is 4.10. The molecule has 0 aromatic rings. The van der Waals surface area contributed by atoms with E-state index >= 15 is 0 Å². The number of rotatable bonds is 2. The normalized spacial score (nSPS) is 57.1. The Morgan fingerprint density at radius 3 is 2.46 bits per heavy atom. The lowest BCUT2D eigenvalue weighted by Gasteiger charge is -2.66. The molecule has 0 bridgehead atoms. The number of hydrogen-bond acceptors (Lipinski definition) is 3. The predicted octanol–water partition coefficient (Wildman–Crippen LogP) is 3.50. The Hall–Kier alpha value is -0.120. The molecule has 0 aliphatic heterocycles. The van der Waals surface area contributed by atoms with Gasteiger partial charge < -0.3 is 15.3 Å². The monoisotopic (exact) mass is 336 g/mol. The molecule has 138 valence electrons. The van der Waals surface area contributed by atoms with Gasteiger partial charge in [-0.2, -0.15) is 0 Å². The van der Waals surface area contributed by atoms with Gasteiger partial charge in [0.1, 0.15) is 0 Å². The van der Waals surface area contributed by atoms with Gasteiger partial charge in [-0.1, -0.05) is 26.7 Å². The third-order valence-corrected chi connectivity index (χ3v) is 9.42. The summed E-state index contributed by atoms with van der Waals surface area (Å²) in [5.41, 5.74) is -0.907. The molecule has 4 saturated carbocycles. The predicted molar refractivity (Wildman–Crippen MR) is 94.4 cm³/mol. The van der Waals surface area contributed by atoms with E-state index in [1.54, 1.807) is 0 Å². The average Bonchev–Trinajstić information content (AvgIpc) is 2.85. The van der Waals surface area contributed by atoms with Gasteiger partial charge in [0, 0.05) is 12.0 Å². The zero-order chi connectivity index (χ0) is 17.2. The minimum Gasteiger partial charge on any atom is -0.396 e. The quantitative estimate of drug-likeness (QED) is 0.723. The maximum atomic E-state index is 12.0. The molecule has 3 N–H and O–H groups in total. The van der Waals surface area contributed by atoms with Gasteiger partial charge >= 0.3 is 0 Å². The number of aliphatic hydroxyl groups excluding tert-OH is 2. The van der Waals surface area contributed by atoms with Crippen LogP contribution in [0, 0.1) is 34.5 Å². The largest absolute Gasteiger partial charge is 0.396 e. The molecule has 4 fully saturated rings. The highest BCUT2D eigenvalue weighted by Gasteiger charge is 2.69. The van der Waals surface area contributed by atoms with Crippen LogP contribution in [0.15, 0.2) is 0 Å². The highest BCUT2D eigenvalue weighted by atomic mass is 16.3. The summed E-state index contributed by atoms with van der Waals surface area (Å²) in [5, 5.41) is 32.7. The molecule has 8 atom stereocenters. The fourth-order valence-corrected chi connectivity index (χ4v) is 8.08. The van der Waals surface area contributed by atoms with Crippen LogP contribution in [-0.2, 0) is 0 Å². The molecule has 0 aromatic carbocycles. The van der Waals surface area contributed by atoms with Gasteiger partial charge in [0.25, 0.3) is 0 Å². The van der Waals surface area contributed by atoms with E-state index in [9.17, 15) is 15.3 Å². The van der Waals surface area contributed by atoms with Crippen LogP contribution in [-0.4, -0.2) is 33.6 Å². The molecule has 1 unspecified atom stereocenters. The molecule has 0 heterocycles. The lowest BCUT2D eigenvalue weighted by Crippen LogP contribution is -2.71. The molecule has 3 nitrogen and oxygen atoms in total. The van der Waals surface area contributed by atoms with Crippen LogP contribution in [0.25, 0.3) is 0 Å². The molecule has 4 aliphatic rings. The van der Waals surface area contributed by atoms with E-state index < -0.39 is 11.7 Å². The highest BCUT2D eigenvalue weighted by molar-refractivity contribution is 5.19. The Balaban J connectivity index is 1.71. The second-order valence-corrected chi connectivity index (χ2v) is 9.99. The van der Waals surface area contributed by atoms with Gasteiger partial charge in [0.05, 0.1) is 11.7 Å². The van der Waals surface area contributed by atoms with Gasteiger partial charge in [-0.05, 0) is 80.5 Å². The zero-order valence-electron chi connectivity index (χ0n) is 15.5. The summed E-state index contributed by atoms with van der Waals surface area (Å²) >= 11 is 0. The van der Waals surface area contributed by atoms with Crippen LogP contribution in [0.3, 0.4) is 0 Å². The summed E-state index contributed by atoms with van der Waals surface area (Å²) in [4.78, 5) is 0. The highest BCUT2D eigenvalue weighted by Crippen LogP contribution is 2.69. The van der Waals surface area contributed by atoms with Gasteiger partial charge in [-0.15, -0.1) is 0 Å². The fourth-order valence-electron chi connectivity index (χ4n) is 8.08. The molecular weight excluding hydrogens is 300 g/mol. The van der Waals surface area contributed by atoms with Crippen LogP contribution in [0.1, 0.15) is 78.1 Å². The van der Waals surface area contributed by atoms with Crippen molar-refractivity contribution in [2.24, 2.45) is 34.5 Å². The average molecular weight is 337 g/mol. The zero-order valence-corrected chi connectivity index (χ0v) is 15.5. The fraction of sp³-hybridized carbons (Fsp3) is 1.00. The van der Waals surface area contributed by atoms with E-state index in [1.807, 2.05) is 0 Å². The second-order valence-electron chi connectivity index (χ2n) is 9.99. The van der Waals surface area contributed by atoms with Gasteiger partial charge in [-0.3, -0.25) is 0 Å². The number of fused-ring (bicyclic) bond motifs is 5. The van der Waals surface area contributed by atoms with Crippen LogP contribution in [0.4, 0.5) is 0 Å². The topological polar surface area (TPSA) is 60.7 Å². The smallest absolute Gasteiger partial charge is 0.0992 e. The van der Waals surface area contributed by atoms with Crippen molar-refractivity contribution in [2.45, 2.75) is 89.8 Å². The first kappa shape index (κ1) is 17.3. The lowest BCUT2D eigenvalue weighted by atomic mass is 9.41. The van der Waals surface area contributed by atoms with Crippen LogP contribution in [0.2, 0.25) is 0 Å². The first-order valence-corrected chi connectivity index (χ1v) is 10.4. The summed E-state index contributed by atoms with van der Waals surface area (Å²) in [6, 6.07) is 0. The third kappa shape index (κ3) is 2.01. The van der Waals surface area contributed by atoms with E-state index in [-0.39, 0.29) is 23.4 Å². The summed E-state index contributed by atoms with van der Waals surface area (Å²) in [6.45, 7) is 4.87. The van der Waals surface area contributed by atoms with E-state index in [1.165, 1.54) is 32.1 Å². The molecule has 3 heteroatoms. The molecular formula is C21H36O3. The summed E-state index contributed by atoms with van der Waals surface area (Å²) in [5.74, 6) is 1.85. The lowest BCUT2D eigenvalue weighted by molar-refractivity contribution is -0.281. The summed E-state index contributed by atoms with van der Waals surface area (Å²) in [6.07, 6.45) is 10.4. The molecule has 0 saturated heterocycles. The van der Waals surface area contributed by atoms with Crippen molar-refractivity contribution < 1.29 is 15.3 Å². The molecule has 4 aliphatic carbocycles. The maximum Gasteiger partial charge on any atom is 0.0992 e. The minimum atomic E-state index is -0.894. The SMILES string of the molecule is C[C@]12C[C@H](O)[C@@]3(O)[C@@H](CCC4CCCC[C@@]43C)[C@@H]1CC[C@@H]2CCO. The summed E-state index contributed by atoms with van der Waals surface area (Å²) in [7, 11) is 0. The maximum absolute atomic E-state index is 12.0. The van der Waals surface area contributed by atoms with Crippen molar-refractivity contribution in [2.75, 3.05) is 6.61 Å². The van der Waals surface area contributed by atoms with Crippen molar-refractivity contribution in [3.63, 3.8) is 0 Å². The van der Waals surface area contributed by atoms with Crippen LogP contribution in [0.5, 0.6) is 0 Å². The van der Waals surface area contributed by atoms with Crippen molar-refractivity contribution in [3.8, 4) is 0 Å². The Labute approximate surface area is 146 Å². The van der Waals surface area contributed by atoms with Crippen molar-refractivity contribution in [3.05, 3.63) is 0 Å². The number of hydrogen-bond donors (Lipinski definition) is 3. The van der Waals surface area contributed by atoms with Crippen molar-refractivity contribution in [1.82, 2.24) is 0 Å². The van der Waals surface area contributed by atoms with Gasteiger partial charge in [0.2, 0.25) is 0 Å². The van der Waals surface area contributed by atoms with E-state index in [4.69, 9.17) is 0 Å². The molecule has 24 heavy (non-hydrogen) atoms. The van der Waals surface area contributed by atoms with Gasteiger partial charge in [0.15, 0.2) is 0 Å². The standard InChI is InChI=1S/C21H36O3/c1-19-13-18(23)21(24)17(16(19)8-6-14(19)10-12-22)9-7-15-5-3-4-11-20(15,21)2/h14-18,22-24H,3-13H2,1-2H3/t14-,15?,16+,17+,18+,19-,20+,21+/m1/s1. The Morgan fingerprint density at radius 2 is 1.71 bits per heavy atom. The van der Waals surface area contributed by atoms with Crippen LogP contribution >= 0.6 is 0 Å². The third-order valence-electron chi connectivity index (χ3n) is 9.42. The summed E-state index contributed by atoms with van der Waals surface area (Å²) < 4.78 is 0. The van der Waals surface area contributed by atoms with E-state index in [2.05, 4.69) is 13.8 Å². The van der Waals surface area contributed by atoms with Gasteiger partial charge in [-0.25, -0.2) is 0 Å². The molecule has 0 amide bonds. The number of aliphatic hydroxyl groups is 3. The van der Waals surface area contributed by atoms with Crippen molar-refractivity contribution >= 4 is 0 Å². The van der Waals surface area contributed by atoms with E-state index in [0.29, 0.717) is 17.8 Å². The molecule has 0 aromatic heterocycles. The molecule has 4 rings (SSSR count). The van der Waals surface area contributed by atoms with Crippen molar-refractivity contribution in [1.29, 1.82) is 0 Å². The minimum absolute atomic E-state index is 0.0942. The Morgan fingerprint density at radius 1 is 0.958 bits per heavy atom. The Bertz CT molecular complexity index is 493.